The summed E-state index contributed by atoms with van der Waals surface area (Å²) in [6.45, 7) is 0.920. The number of nitrogens with two attached hydrogens (primary N) is 1. The second-order valence-corrected chi connectivity index (χ2v) is 6.56. The van der Waals surface area contributed by atoms with Crippen molar-refractivity contribution in [2.45, 2.75) is 0 Å². The molecule has 0 atom stereocenters. The second kappa shape index (κ2) is 6.18. The van der Waals surface area contributed by atoms with Crippen molar-refractivity contribution in [1.82, 2.24) is 9.21 Å². The first-order valence-electron chi connectivity index (χ1n) is 6.23. The van der Waals surface area contributed by atoms with Gasteiger partial charge in [-0.3, -0.25) is 4.79 Å². The molecule has 1 aliphatic heterocycles. The normalized spacial score (nSPS) is 16.8. The molecule has 0 spiro atoms. The molecular weight excluding hydrogens is 318 g/mol. The average molecular weight is 334 g/mol. The van der Waals surface area contributed by atoms with Gasteiger partial charge in [0.05, 0.1) is 12.7 Å². The summed E-state index contributed by atoms with van der Waals surface area (Å²) >= 11 is 5.86. The zero-order valence-corrected chi connectivity index (χ0v) is 13.0. The molecule has 1 fully saturated rings. The molecule has 0 aromatic heterocycles. The van der Waals surface area contributed by atoms with E-state index in [1.807, 2.05) is 0 Å². The molecule has 1 saturated heterocycles. The highest BCUT2D eigenvalue weighted by molar-refractivity contribution is 7.86. The third kappa shape index (κ3) is 3.65. The lowest BCUT2D eigenvalue weighted by Gasteiger charge is -2.33. The van der Waals surface area contributed by atoms with E-state index in [0.717, 1.165) is 4.31 Å². The largest absolute Gasteiger partial charge is 0.496 e. The third-order valence-corrected chi connectivity index (χ3v) is 4.60. The Labute approximate surface area is 128 Å². The van der Waals surface area contributed by atoms with Crippen LogP contribution in [-0.2, 0) is 10.2 Å². The molecule has 1 aromatic carbocycles. The van der Waals surface area contributed by atoms with Gasteiger partial charge in [0.15, 0.2) is 0 Å². The molecule has 0 saturated carbocycles. The van der Waals surface area contributed by atoms with Crippen LogP contribution >= 0.6 is 11.6 Å². The van der Waals surface area contributed by atoms with E-state index in [4.69, 9.17) is 21.5 Å². The van der Waals surface area contributed by atoms with Gasteiger partial charge in [0.2, 0.25) is 0 Å². The van der Waals surface area contributed by atoms with Gasteiger partial charge < -0.3 is 9.64 Å². The van der Waals surface area contributed by atoms with Crippen LogP contribution in [0, 0.1) is 0 Å². The summed E-state index contributed by atoms with van der Waals surface area (Å²) in [6.07, 6.45) is 0. The molecule has 21 heavy (non-hydrogen) atoms. The Morgan fingerprint density at radius 2 is 1.90 bits per heavy atom. The van der Waals surface area contributed by atoms with Gasteiger partial charge in [0.25, 0.3) is 16.1 Å². The number of methoxy groups -OCH3 is 1. The fraction of sp³-hybridized carbons (Fsp3) is 0.417. The van der Waals surface area contributed by atoms with Gasteiger partial charge in [-0.2, -0.15) is 12.7 Å². The Morgan fingerprint density at radius 3 is 2.43 bits per heavy atom. The number of halogens is 1. The van der Waals surface area contributed by atoms with E-state index in [9.17, 15) is 13.2 Å². The molecule has 2 N–H and O–H groups in total. The zero-order valence-electron chi connectivity index (χ0n) is 11.5. The Kier molecular flexibility index (Phi) is 4.72. The van der Waals surface area contributed by atoms with Crippen LogP contribution in [0.1, 0.15) is 10.4 Å². The van der Waals surface area contributed by atoms with Crippen LogP contribution < -0.4 is 9.88 Å². The number of benzene rings is 1. The fourth-order valence-electron chi connectivity index (χ4n) is 2.16. The number of ether oxygens (including phenoxy) is 1. The number of carbonyl (C=O) groups excluding carboxylic acids is 1. The fourth-order valence-corrected chi connectivity index (χ4v) is 2.99. The summed E-state index contributed by atoms with van der Waals surface area (Å²) in [4.78, 5) is 14.0. The maximum absolute atomic E-state index is 12.5. The number of hydrogen-bond donors (Lipinski definition) is 1. The predicted octanol–water partition coefficient (Wildman–Crippen LogP) is 0.310. The topological polar surface area (TPSA) is 92.9 Å². The smallest absolute Gasteiger partial charge is 0.277 e. The monoisotopic (exact) mass is 333 g/mol. The highest BCUT2D eigenvalue weighted by atomic mass is 35.5. The van der Waals surface area contributed by atoms with Gasteiger partial charge in [0, 0.05) is 31.2 Å². The first-order chi connectivity index (χ1) is 9.82. The lowest BCUT2D eigenvalue weighted by atomic mass is 10.1. The zero-order chi connectivity index (χ0) is 15.6. The Balaban J connectivity index is 2.12. The molecule has 0 bridgehead atoms. The molecular formula is C12H16ClN3O4S. The highest BCUT2D eigenvalue weighted by Gasteiger charge is 2.28. The van der Waals surface area contributed by atoms with E-state index in [1.54, 1.807) is 23.1 Å². The number of hydrogen-bond acceptors (Lipinski definition) is 4. The molecule has 116 valence electrons. The molecule has 1 aliphatic rings. The third-order valence-electron chi connectivity index (χ3n) is 3.28. The van der Waals surface area contributed by atoms with Crippen molar-refractivity contribution >= 4 is 27.7 Å². The number of nitrogens with zero attached hydrogens (tertiary/aromatic N) is 2. The number of piperazine rings is 1. The summed E-state index contributed by atoms with van der Waals surface area (Å²) in [5.74, 6) is 0.166. The second-order valence-electron chi connectivity index (χ2n) is 4.58. The minimum atomic E-state index is -3.70. The molecule has 9 heteroatoms. The lowest BCUT2D eigenvalue weighted by molar-refractivity contribution is 0.0694. The van der Waals surface area contributed by atoms with Crippen molar-refractivity contribution < 1.29 is 17.9 Å². The summed E-state index contributed by atoms with van der Waals surface area (Å²) in [5.41, 5.74) is 0.394. The van der Waals surface area contributed by atoms with Crippen molar-refractivity contribution in [2.24, 2.45) is 5.14 Å². The van der Waals surface area contributed by atoms with Crippen LogP contribution in [0.4, 0.5) is 0 Å². The maximum atomic E-state index is 12.5. The van der Waals surface area contributed by atoms with Crippen LogP contribution in [0.2, 0.25) is 5.02 Å². The first kappa shape index (κ1) is 16.0. The number of amides is 1. The van der Waals surface area contributed by atoms with Gasteiger partial charge in [-0.25, -0.2) is 5.14 Å². The summed E-state index contributed by atoms with van der Waals surface area (Å²) in [6, 6.07) is 4.77. The van der Waals surface area contributed by atoms with E-state index >= 15 is 0 Å². The van der Waals surface area contributed by atoms with Gasteiger partial charge in [-0.15, -0.1) is 0 Å². The summed E-state index contributed by atoms with van der Waals surface area (Å²) < 4.78 is 28.8. The Bertz CT molecular complexity index is 642. The molecule has 7 nitrogen and oxygen atoms in total. The van der Waals surface area contributed by atoms with Crippen LogP contribution in [-0.4, -0.2) is 56.8 Å². The summed E-state index contributed by atoms with van der Waals surface area (Å²) in [5, 5.41) is 5.54. The predicted molar refractivity (Wildman–Crippen MR) is 78.6 cm³/mol. The standard InChI is InChI=1S/C12H16ClN3O4S/c1-20-11-8-9(13)2-3-10(11)12(17)15-4-6-16(7-5-15)21(14,18)19/h2-3,8H,4-7H2,1H3,(H2,14,18,19). The van der Waals surface area contributed by atoms with Crippen LogP contribution in [0.5, 0.6) is 5.75 Å². The Hall–Kier alpha value is -1.35. The van der Waals surface area contributed by atoms with Crippen molar-refractivity contribution in [3.63, 3.8) is 0 Å². The Morgan fingerprint density at radius 1 is 1.29 bits per heavy atom. The molecule has 0 aliphatic carbocycles. The maximum Gasteiger partial charge on any atom is 0.277 e. The van der Waals surface area contributed by atoms with Gasteiger partial charge >= 0.3 is 0 Å². The van der Waals surface area contributed by atoms with Crippen LogP contribution in [0.25, 0.3) is 0 Å². The molecule has 0 radical (unpaired) electrons. The summed E-state index contributed by atoms with van der Waals surface area (Å²) in [7, 11) is -2.25. The van der Waals surface area contributed by atoms with Gasteiger partial charge in [-0.05, 0) is 18.2 Å². The number of carbonyl (C=O) groups is 1. The van der Waals surface area contributed by atoms with E-state index in [2.05, 4.69) is 0 Å². The SMILES string of the molecule is COc1cc(Cl)ccc1C(=O)N1CCN(S(N)(=O)=O)CC1. The minimum absolute atomic E-state index is 0.181. The first-order valence-corrected chi connectivity index (χ1v) is 8.11. The molecule has 1 amide bonds. The molecule has 0 unspecified atom stereocenters. The van der Waals surface area contributed by atoms with Crippen molar-refractivity contribution in [3.05, 3.63) is 28.8 Å². The van der Waals surface area contributed by atoms with E-state index in [1.165, 1.54) is 7.11 Å². The van der Waals surface area contributed by atoms with Crippen LogP contribution in [0.15, 0.2) is 18.2 Å². The van der Waals surface area contributed by atoms with Crippen molar-refractivity contribution in [1.29, 1.82) is 0 Å². The van der Waals surface area contributed by atoms with Crippen LogP contribution in [0.3, 0.4) is 0 Å². The quantitative estimate of drug-likeness (QED) is 0.861. The van der Waals surface area contributed by atoms with Crippen molar-refractivity contribution in [2.75, 3.05) is 33.3 Å². The van der Waals surface area contributed by atoms with E-state index in [0.29, 0.717) is 16.3 Å². The molecule has 1 aromatic rings. The number of rotatable bonds is 3. The molecule has 2 rings (SSSR count). The van der Waals surface area contributed by atoms with E-state index < -0.39 is 10.2 Å². The highest BCUT2D eigenvalue weighted by Crippen LogP contribution is 2.24. The lowest BCUT2D eigenvalue weighted by Crippen LogP contribution is -2.52. The van der Waals surface area contributed by atoms with E-state index in [-0.39, 0.29) is 32.1 Å². The molecule has 1 heterocycles. The van der Waals surface area contributed by atoms with Gasteiger partial charge in [0.1, 0.15) is 5.75 Å². The van der Waals surface area contributed by atoms with Gasteiger partial charge in [-0.1, -0.05) is 11.6 Å². The van der Waals surface area contributed by atoms with Crippen molar-refractivity contribution in [3.8, 4) is 5.75 Å². The minimum Gasteiger partial charge on any atom is -0.496 e. The average Bonchev–Trinajstić information content (AvgIpc) is 2.45.